The molecule has 1 aliphatic carbocycles. The summed E-state index contributed by atoms with van der Waals surface area (Å²) in [4.78, 5) is 24.2. The van der Waals surface area contributed by atoms with Crippen molar-refractivity contribution < 1.29 is 23.5 Å². The number of hydrogen-bond donors (Lipinski definition) is 2. The summed E-state index contributed by atoms with van der Waals surface area (Å²) in [6.07, 6.45) is 1.98. The number of aliphatic carboxylic acids is 1. The van der Waals surface area contributed by atoms with E-state index in [9.17, 15) is 18.4 Å². The summed E-state index contributed by atoms with van der Waals surface area (Å²) in [5.41, 5.74) is 0. The number of carboxylic acids is 1. The van der Waals surface area contributed by atoms with Gasteiger partial charge in [-0.3, -0.25) is 4.79 Å². The Morgan fingerprint density at radius 3 is 2.65 bits per heavy atom. The minimum Gasteiger partial charge on any atom is -0.481 e. The molecule has 0 aromatic heterocycles. The van der Waals surface area contributed by atoms with Gasteiger partial charge in [-0.05, 0) is 25.7 Å². The van der Waals surface area contributed by atoms with Crippen LogP contribution in [0.15, 0.2) is 0 Å². The van der Waals surface area contributed by atoms with Gasteiger partial charge >= 0.3 is 12.0 Å². The molecule has 1 saturated heterocycles. The molecule has 0 aromatic carbocycles. The average molecular weight is 290 g/mol. The Morgan fingerprint density at radius 1 is 1.30 bits per heavy atom. The van der Waals surface area contributed by atoms with Gasteiger partial charge in [0.15, 0.2) is 0 Å². The van der Waals surface area contributed by atoms with Crippen molar-refractivity contribution in [1.29, 1.82) is 0 Å². The highest BCUT2D eigenvalue weighted by atomic mass is 19.3. The Balaban J connectivity index is 1.81. The molecule has 0 spiro atoms. The van der Waals surface area contributed by atoms with E-state index in [0.717, 1.165) is 0 Å². The van der Waals surface area contributed by atoms with Gasteiger partial charge in [0.1, 0.15) is 0 Å². The minimum absolute atomic E-state index is 0.0416. The molecule has 114 valence electrons. The predicted molar refractivity (Wildman–Crippen MR) is 67.6 cm³/mol. The molecule has 2 atom stereocenters. The molecule has 5 nitrogen and oxygen atoms in total. The van der Waals surface area contributed by atoms with E-state index in [1.807, 2.05) is 0 Å². The van der Waals surface area contributed by atoms with Gasteiger partial charge < -0.3 is 15.3 Å². The topological polar surface area (TPSA) is 69.6 Å². The van der Waals surface area contributed by atoms with Gasteiger partial charge in [-0.2, -0.15) is 0 Å². The third-order valence-corrected chi connectivity index (χ3v) is 4.22. The first-order chi connectivity index (χ1) is 9.40. The van der Waals surface area contributed by atoms with Crippen LogP contribution in [0.5, 0.6) is 0 Å². The molecule has 0 radical (unpaired) electrons. The lowest BCUT2D eigenvalue weighted by Crippen LogP contribution is -2.48. The normalized spacial score (nSPS) is 29.2. The molecular formula is C13H20F2N2O3. The second-order valence-corrected chi connectivity index (χ2v) is 5.66. The Labute approximate surface area is 116 Å². The summed E-state index contributed by atoms with van der Waals surface area (Å²) in [6, 6.07) is -0.432. The van der Waals surface area contributed by atoms with E-state index in [-0.39, 0.29) is 19.5 Å². The van der Waals surface area contributed by atoms with E-state index in [2.05, 4.69) is 5.32 Å². The van der Waals surface area contributed by atoms with E-state index in [1.54, 1.807) is 0 Å². The van der Waals surface area contributed by atoms with Crippen molar-refractivity contribution in [3.05, 3.63) is 0 Å². The Kier molecular flexibility index (Phi) is 4.45. The monoisotopic (exact) mass is 290 g/mol. The standard InChI is InChI=1S/C13H20F2N2O3/c14-13(15)5-1-4-10(13)7-16-12(20)17-6-2-3-9(8-17)11(18)19/h9-10H,1-8H2,(H,16,20)(H,18,19). The fraction of sp³-hybridized carbons (Fsp3) is 0.846. The Bertz CT molecular complexity index is 390. The number of nitrogens with zero attached hydrogens (tertiary/aromatic N) is 1. The fourth-order valence-electron chi connectivity index (χ4n) is 2.94. The quantitative estimate of drug-likeness (QED) is 0.834. The number of carboxylic acid groups (broad SMARTS) is 1. The number of rotatable bonds is 3. The number of alkyl halides is 2. The molecule has 20 heavy (non-hydrogen) atoms. The maximum atomic E-state index is 13.4. The maximum absolute atomic E-state index is 13.4. The summed E-state index contributed by atoms with van der Waals surface area (Å²) in [5, 5.41) is 11.5. The van der Waals surface area contributed by atoms with Crippen LogP contribution in [0.4, 0.5) is 13.6 Å². The molecule has 0 bridgehead atoms. The SMILES string of the molecule is O=C(O)C1CCCN(C(=O)NCC2CCCC2(F)F)C1. The molecule has 2 amide bonds. The largest absolute Gasteiger partial charge is 0.481 e. The van der Waals surface area contributed by atoms with Gasteiger partial charge in [0.25, 0.3) is 5.92 Å². The summed E-state index contributed by atoms with van der Waals surface area (Å²) < 4.78 is 26.9. The number of piperidine rings is 1. The number of hydrogen-bond acceptors (Lipinski definition) is 2. The number of urea groups is 1. The van der Waals surface area contributed by atoms with Crippen molar-refractivity contribution >= 4 is 12.0 Å². The van der Waals surface area contributed by atoms with Crippen LogP contribution in [0.1, 0.15) is 32.1 Å². The predicted octanol–water partition coefficient (Wildman–Crippen LogP) is 1.93. The third kappa shape index (κ3) is 3.37. The number of amides is 2. The highest BCUT2D eigenvalue weighted by molar-refractivity contribution is 5.76. The molecule has 1 aliphatic heterocycles. The van der Waals surface area contributed by atoms with Gasteiger partial charge in [0, 0.05) is 32.0 Å². The van der Waals surface area contributed by atoms with E-state index in [1.165, 1.54) is 4.90 Å². The van der Waals surface area contributed by atoms with Gasteiger partial charge in [-0.15, -0.1) is 0 Å². The van der Waals surface area contributed by atoms with Crippen molar-refractivity contribution in [2.24, 2.45) is 11.8 Å². The zero-order chi connectivity index (χ0) is 14.8. The summed E-state index contributed by atoms with van der Waals surface area (Å²) in [6.45, 7) is 0.596. The molecule has 2 rings (SSSR count). The molecular weight excluding hydrogens is 270 g/mol. The second-order valence-electron chi connectivity index (χ2n) is 5.66. The van der Waals surface area contributed by atoms with Gasteiger partial charge in [-0.1, -0.05) is 0 Å². The first-order valence-electron chi connectivity index (χ1n) is 7.03. The molecule has 2 unspecified atom stereocenters. The van der Waals surface area contributed by atoms with Crippen LogP contribution in [-0.4, -0.2) is 47.6 Å². The number of carbonyl (C=O) groups is 2. The lowest BCUT2D eigenvalue weighted by Gasteiger charge is -2.31. The summed E-state index contributed by atoms with van der Waals surface area (Å²) >= 11 is 0. The molecule has 2 fully saturated rings. The van der Waals surface area contributed by atoms with Crippen LogP contribution in [-0.2, 0) is 4.79 Å². The van der Waals surface area contributed by atoms with Gasteiger partial charge in [0.05, 0.1) is 5.92 Å². The van der Waals surface area contributed by atoms with Crippen LogP contribution >= 0.6 is 0 Å². The average Bonchev–Trinajstić information content (AvgIpc) is 2.75. The fourth-order valence-corrected chi connectivity index (χ4v) is 2.94. The van der Waals surface area contributed by atoms with Crippen molar-refractivity contribution in [1.82, 2.24) is 10.2 Å². The lowest BCUT2D eigenvalue weighted by molar-refractivity contribution is -0.143. The van der Waals surface area contributed by atoms with Crippen molar-refractivity contribution in [3.63, 3.8) is 0 Å². The van der Waals surface area contributed by atoms with E-state index in [0.29, 0.717) is 32.2 Å². The lowest BCUT2D eigenvalue weighted by atomic mass is 9.98. The number of halogens is 2. The Hall–Kier alpha value is -1.40. The van der Waals surface area contributed by atoms with E-state index in [4.69, 9.17) is 5.11 Å². The zero-order valence-corrected chi connectivity index (χ0v) is 11.3. The first kappa shape index (κ1) is 15.0. The summed E-state index contributed by atoms with van der Waals surface area (Å²) in [7, 11) is 0. The first-order valence-corrected chi connectivity index (χ1v) is 7.03. The Morgan fingerprint density at radius 2 is 2.05 bits per heavy atom. The van der Waals surface area contributed by atoms with Crippen LogP contribution in [0.3, 0.4) is 0 Å². The van der Waals surface area contributed by atoms with Gasteiger partial charge in [-0.25, -0.2) is 13.6 Å². The maximum Gasteiger partial charge on any atom is 0.317 e. The van der Waals surface area contributed by atoms with Crippen molar-refractivity contribution in [2.45, 2.75) is 38.0 Å². The number of carbonyl (C=O) groups excluding carboxylic acids is 1. The van der Waals surface area contributed by atoms with E-state index >= 15 is 0 Å². The number of nitrogens with one attached hydrogen (secondary N) is 1. The highest BCUT2D eigenvalue weighted by Crippen LogP contribution is 2.39. The van der Waals surface area contributed by atoms with Crippen LogP contribution < -0.4 is 5.32 Å². The zero-order valence-electron chi connectivity index (χ0n) is 11.3. The van der Waals surface area contributed by atoms with E-state index < -0.39 is 29.8 Å². The van der Waals surface area contributed by atoms with Crippen molar-refractivity contribution in [3.8, 4) is 0 Å². The molecule has 2 aliphatic rings. The molecule has 1 heterocycles. The molecule has 0 aromatic rings. The third-order valence-electron chi connectivity index (χ3n) is 4.22. The minimum atomic E-state index is -2.70. The molecule has 1 saturated carbocycles. The van der Waals surface area contributed by atoms with Crippen molar-refractivity contribution in [2.75, 3.05) is 19.6 Å². The van der Waals surface area contributed by atoms with Crippen LogP contribution in [0, 0.1) is 11.8 Å². The molecule has 2 N–H and O–H groups in total. The van der Waals surface area contributed by atoms with Crippen LogP contribution in [0.25, 0.3) is 0 Å². The summed E-state index contributed by atoms with van der Waals surface area (Å²) in [5.74, 6) is -4.96. The second kappa shape index (κ2) is 5.93. The highest BCUT2D eigenvalue weighted by Gasteiger charge is 2.43. The van der Waals surface area contributed by atoms with Gasteiger partial charge in [0.2, 0.25) is 0 Å². The molecule has 7 heteroatoms. The smallest absolute Gasteiger partial charge is 0.317 e. The van der Waals surface area contributed by atoms with Crippen LogP contribution in [0.2, 0.25) is 0 Å². The number of likely N-dealkylation sites (tertiary alicyclic amines) is 1.